The van der Waals surface area contributed by atoms with Gasteiger partial charge in [-0.1, -0.05) is 12.1 Å². The van der Waals surface area contributed by atoms with Crippen LogP contribution in [0, 0.1) is 0 Å². The molecule has 0 saturated heterocycles. The Balaban J connectivity index is 2.35. The molecule has 128 valence electrons. The molecule has 0 spiro atoms. The summed E-state index contributed by atoms with van der Waals surface area (Å²) in [6.07, 6.45) is 2.38. The summed E-state index contributed by atoms with van der Waals surface area (Å²) in [5.41, 5.74) is -0.265. The summed E-state index contributed by atoms with van der Waals surface area (Å²) >= 11 is 0. The number of Topliss-reactive ketones (excluding diaryl/α,β-unsaturated/α-hetero) is 1. The number of rotatable bonds is 5. The summed E-state index contributed by atoms with van der Waals surface area (Å²) in [6.45, 7) is 1.21. The van der Waals surface area contributed by atoms with Crippen molar-refractivity contribution in [2.24, 2.45) is 0 Å². The van der Waals surface area contributed by atoms with Crippen molar-refractivity contribution >= 4 is 23.6 Å². The maximum absolute atomic E-state index is 12.2. The van der Waals surface area contributed by atoms with Crippen LogP contribution >= 0.6 is 0 Å². The van der Waals surface area contributed by atoms with Crippen molar-refractivity contribution in [3.63, 3.8) is 0 Å². The molecule has 0 fully saturated rings. The fourth-order valence-electron chi connectivity index (χ4n) is 2.15. The van der Waals surface area contributed by atoms with Gasteiger partial charge in [-0.3, -0.25) is 9.59 Å². The molecular weight excluding hydrogens is 328 g/mol. The number of hydrogen-bond acceptors (Lipinski definition) is 6. The summed E-state index contributed by atoms with van der Waals surface area (Å²) in [7, 11) is 0. The Kier molecular flexibility index (Phi) is 4.88. The van der Waals surface area contributed by atoms with Crippen molar-refractivity contribution in [1.82, 2.24) is 0 Å². The second kappa shape index (κ2) is 6.88. The van der Waals surface area contributed by atoms with Crippen LogP contribution in [0.4, 0.5) is 0 Å². The fourth-order valence-corrected chi connectivity index (χ4v) is 2.15. The van der Waals surface area contributed by atoms with Crippen LogP contribution in [-0.4, -0.2) is 38.0 Å². The van der Waals surface area contributed by atoms with Gasteiger partial charge in [0.05, 0.1) is 11.1 Å². The van der Waals surface area contributed by atoms with Crippen molar-refractivity contribution in [2.75, 3.05) is 0 Å². The molecule has 0 unspecified atom stereocenters. The van der Waals surface area contributed by atoms with E-state index in [9.17, 15) is 29.7 Å². The molecule has 4 N–H and O–H groups in total. The van der Waals surface area contributed by atoms with E-state index >= 15 is 0 Å². The number of hydrogen-bond donors (Lipinski definition) is 4. The molecule has 0 aliphatic heterocycles. The molecule has 25 heavy (non-hydrogen) atoms. The van der Waals surface area contributed by atoms with Crippen LogP contribution in [0.1, 0.15) is 43.6 Å². The quantitative estimate of drug-likeness (QED) is 0.485. The zero-order valence-corrected chi connectivity index (χ0v) is 13.1. The minimum atomic E-state index is -1.32. The van der Waals surface area contributed by atoms with Gasteiger partial charge in [0, 0.05) is 6.07 Å². The fraction of sp³-hybridized carbons (Fsp3) is 0.0556. The first-order chi connectivity index (χ1) is 11.7. The van der Waals surface area contributed by atoms with Crippen LogP contribution in [0.25, 0.3) is 6.08 Å². The summed E-state index contributed by atoms with van der Waals surface area (Å²) in [4.78, 5) is 34.6. The molecule has 0 aliphatic carbocycles. The second-order valence-electron chi connectivity index (χ2n) is 5.22. The molecule has 2 aromatic carbocycles. The van der Waals surface area contributed by atoms with Gasteiger partial charge in [-0.15, -0.1) is 0 Å². The molecule has 2 rings (SSSR count). The minimum Gasteiger partial charge on any atom is -0.507 e. The van der Waals surface area contributed by atoms with Crippen LogP contribution < -0.4 is 0 Å². The number of aromatic carboxylic acids is 1. The summed E-state index contributed by atoms with van der Waals surface area (Å²) < 4.78 is 0. The number of allylic oxidation sites excluding steroid dienone is 1. The third kappa shape index (κ3) is 3.84. The minimum absolute atomic E-state index is 0.104. The highest BCUT2D eigenvalue weighted by Crippen LogP contribution is 2.28. The van der Waals surface area contributed by atoms with E-state index in [2.05, 4.69) is 0 Å². The Morgan fingerprint density at radius 1 is 0.840 bits per heavy atom. The number of phenols is 3. The van der Waals surface area contributed by atoms with E-state index in [0.717, 1.165) is 18.2 Å². The van der Waals surface area contributed by atoms with E-state index in [-0.39, 0.29) is 16.7 Å². The first kappa shape index (κ1) is 17.7. The third-order valence-electron chi connectivity index (χ3n) is 3.44. The number of phenolic OH excluding ortho intramolecular Hbond substituents is 2. The predicted octanol–water partition coefficient (Wildman–Crippen LogP) is 2.60. The molecule has 0 heterocycles. The SMILES string of the molecule is CC(=O)c1cc(C(=O)/C=C\c2ccc(O)c(C(=O)O)c2)c(O)cc1O. The van der Waals surface area contributed by atoms with Gasteiger partial charge in [-0.25, -0.2) is 4.79 Å². The van der Waals surface area contributed by atoms with Crippen molar-refractivity contribution < 1.29 is 34.8 Å². The van der Waals surface area contributed by atoms with E-state index < -0.39 is 34.8 Å². The number of carbonyl (C=O) groups is 3. The Morgan fingerprint density at radius 3 is 2.08 bits per heavy atom. The van der Waals surface area contributed by atoms with Crippen molar-refractivity contribution in [3.8, 4) is 17.2 Å². The highest BCUT2D eigenvalue weighted by Gasteiger charge is 2.16. The zero-order valence-electron chi connectivity index (χ0n) is 13.1. The lowest BCUT2D eigenvalue weighted by Crippen LogP contribution is -2.00. The van der Waals surface area contributed by atoms with Crippen LogP contribution in [0.15, 0.2) is 36.4 Å². The molecule has 0 atom stereocenters. The Morgan fingerprint density at radius 2 is 1.48 bits per heavy atom. The van der Waals surface area contributed by atoms with Crippen molar-refractivity contribution in [2.45, 2.75) is 6.92 Å². The highest BCUT2D eigenvalue weighted by atomic mass is 16.4. The Bertz CT molecular complexity index is 910. The van der Waals surface area contributed by atoms with Gasteiger partial charge < -0.3 is 20.4 Å². The lowest BCUT2D eigenvalue weighted by molar-refractivity contribution is 0.0693. The summed E-state index contributed by atoms with van der Waals surface area (Å²) in [6, 6.07) is 5.75. The molecule has 0 radical (unpaired) electrons. The molecule has 7 heteroatoms. The average Bonchev–Trinajstić information content (AvgIpc) is 2.53. The highest BCUT2D eigenvalue weighted by molar-refractivity contribution is 6.10. The van der Waals surface area contributed by atoms with Gasteiger partial charge in [0.15, 0.2) is 11.6 Å². The number of benzene rings is 2. The van der Waals surface area contributed by atoms with E-state index in [0.29, 0.717) is 5.56 Å². The molecule has 7 nitrogen and oxygen atoms in total. The van der Waals surface area contributed by atoms with Crippen molar-refractivity contribution in [1.29, 1.82) is 0 Å². The van der Waals surface area contributed by atoms with Gasteiger partial charge >= 0.3 is 5.97 Å². The van der Waals surface area contributed by atoms with Crippen LogP contribution in [0.2, 0.25) is 0 Å². The lowest BCUT2D eigenvalue weighted by Gasteiger charge is -2.06. The van der Waals surface area contributed by atoms with Gasteiger partial charge in [-0.2, -0.15) is 0 Å². The molecule has 0 bridgehead atoms. The molecule has 0 amide bonds. The van der Waals surface area contributed by atoms with E-state index in [1.54, 1.807) is 0 Å². The first-order valence-electron chi connectivity index (χ1n) is 7.06. The summed E-state index contributed by atoms with van der Waals surface area (Å²) in [5.74, 6) is -3.77. The standard InChI is InChI=1S/C18H14O7/c1-9(19)11-7-12(17(23)8-16(11)22)14(20)4-2-10-3-5-15(21)13(6-10)18(24)25/h2-8,21-23H,1H3,(H,24,25)/b4-2-. The van der Waals surface area contributed by atoms with Crippen molar-refractivity contribution in [3.05, 3.63) is 58.7 Å². The largest absolute Gasteiger partial charge is 0.507 e. The molecular formula is C18H14O7. The predicted molar refractivity (Wildman–Crippen MR) is 88.2 cm³/mol. The van der Waals surface area contributed by atoms with Gasteiger partial charge in [0.2, 0.25) is 0 Å². The van der Waals surface area contributed by atoms with E-state index in [1.807, 2.05) is 0 Å². The first-order valence-corrected chi connectivity index (χ1v) is 7.06. The number of carboxylic acid groups (broad SMARTS) is 1. The Hall–Kier alpha value is -3.61. The van der Waals surface area contributed by atoms with Crippen LogP contribution in [0.3, 0.4) is 0 Å². The van der Waals surface area contributed by atoms with E-state index in [4.69, 9.17) is 5.11 Å². The second-order valence-corrected chi connectivity index (χ2v) is 5.22. The normalized spacial score (nSPS) is 10.8. The lowest BCUT2D eigenvalue weighted by atomic mass is 10.0. The number of carbonyl (C=O) groups excluding carboxylic acids is 2. The van der Waals surface area contributed by atoms with E-state index in [1.165, 1.54) is 31.2 Å². The topological polar surface area (TPSA) is 132 Å². The molecule has 0 aromatic heterocycles. The maximum Gasteiger partial charge on any atom is 0.339 e. The number of aromatic hydroxyl groups is 3. The molecule has 2 aromatic rings. The smallest absolute Gasteiger partial charge is 0.339 e. The molecule has 0 aliphatic rings. The van der Waals surface area contributed by atoms with Gasteiger partial charge in [-0.05, 0) is 36.8 Å². The van der Waals surface area contributed by atoms with Gasteiger partial charge in [0.1, 0.15) is 22.8 Å². The number of ketones is 2. The number of carboxylic acids is 1. The van der Waals surface area contributed by atoms with Crippen LogP contribution in [-0.2, 0) is 0 Å². The van der Waals surface area contributed by atoms with Crippen LogP contribution in [0.5, 0.6) is 17.2 Å². The average molecular weight is 342 g/mol. The maximum atomic E-state index is 12.2. The zero-order chi connectivity index (χ0) is 18.7. The summed E-state index contributed by atoms with van der Waals surface area (Å²) in [5, 5.41) is 37.8. The Labute approximate surface area is 142 Å². The van der Waals surface area contributed by atoms with Gasteiger partial charge in [0.25, 0.3) is 0 Å². The third-order valence-corrected chi connectivity index (χ3v) is 3.44. The molecule has 0 saturated carbocycles. The monoisotopic (exact) mass is 342 g/mol.